The Balaban J connectivity index is 2.21. The summed E-state index contributed by atoms with van der Waals surface area (Å²) in [5.74, 6) is -1.23. The van der Waals surface area contributed by atoms with E-state index in [0.717, 1.165) is 5.56 Å². The monoisotopic (exact) mass is 267 g/mol. The highest BCUT2D eigenvalue weighted by Crippen LogP contribution is 2.00. The van der Waals surface area contributed by atoms with Gasteiger partial charge in [0.1, 0.15) is 6.04 Å². The number of hydrogen-bond acceptors (Lipinski definition) is 5. The predicted molar refractivity (Wildman–Crippen MR) is 67.0 cm³/mol. The molecule has 0 saturated heterocycles. The topological polar surface area (TPSA) is 114 Å². The summed E-state index contributed by atoms with van der Waals surface area (Å²) in [4.78, 5) is 22.1. The molecule has 1 rings (SSSR count). The Bertz CT molecular complexity index is 411. The maximum absolute atomic E-state index is 11.4. The highest BCUT2D eigenvalue weighted by atomic mass is 16.5. The minimum Gasteiger partial charge on any atom is -0.375 e. The van der Waals surface area contributed by atoms with Crippen LogP contribution in [0.4, 0.5) is 0 Å². The molecule has 5 N–H and O–H groups in total. The fraction of sp³-hybridized carbons (Fsp3) is 0.333. The second kappa shape index (κ2) is 8.20. The first-order valence-electron chi connectivity index (χ1n) is 5.71. The van der Waals surface area contributed by atoms with Gasteiger partial charge >= 0.3 is 0 Å². The van der Waals surface area contributed by atoms with E-state index in [0.29, 0.717) is 6.61 Å². The Kier molecular flexibility index (Phi) is 6.51. The van der Waals surface area contributed by atoms with E-state index in [1.807, 2.05) is 30.3 Å². The Morgan fingerprint density at radius 1 is 1.32 bits per heavy atom. The van der Waals surface area contributed by atoms with Crippen molar-refractivity contribution in [3.05, 3.63) is 35.9 Å². The van der Waals surface area contributed by atoms with Crippen LogP contribution in [-0.2, 0) is 20.9 Å². The van der Waals surface area contributed by atoms with Gasteiger partial charge in [0.25, 0.3) is 5.91 Å². The molecule has 0 fully saturated rings. The molecule has 0 radical (unpaired) electrons. The summed E-state index contributed by atoms with van der Waals surface area (Å²) in [6, 6.07) is 8.61. The highest BCUT2D eigenvalue weighted by molar-refractivity contribution is 5.86. The van der Waals surface area contributed by atoms with Crippen molar-refractivity contribution in [3.63, 3.8) is 0 Å². The van der Waals surface area contributed by atoms with Crippen LogP contribution in [0.1, 0.15) is 5.56 Å². The van der Waals surface area contributed by atoms with Crippen molar-refractivity contribution in [2.24, 2.45) is 5.73 Å². The first kappa shape index (κ1) is 15.1. The predicted octanol–water partition coefficient (Wildman–Crippen LogP) is -0.848. The highest BCUT2D eigenvalue weighted by Gasteiger charge is 2.14. The summed E-state index contributed by atoms with van der Waals surface area (Å²) < 4.78 is 5.30. The van der Waals surface area contributed by atoms with Crippen LogP contribution in [0.25, 0.3) is 0 Å². The normalized spacial score (nSPS) is 11.7. The molecule has 0 aliphatic carbocycles. The van der Waals surface area contributed by atoms with Crippen LogP contribution in [-0.4, -0.2) is 36.2 Å². The molecule has 1 aromatic carbocycles. The lowest BCUT2D eigenvalue weighted by Crippen LogP contribution is -2.46. The van der Waals surface area contributed by atoms with Crippen LogP contribution >= 0.6 is 0 Å². The summed E-state index contributed by atoms with van der Waals surface area (Å²) in [5, 5.41) is 10.5. The Labute approximate surface area is 110 Å². The van der Waals surface area contributed by atoms with Gasteiger partial charge in [0.2, 0.25) is 5.91 Å². The minimum absolute atomic E-state index is 0.0431. The van der Waals surface area contributed by atoms with Gasteiger partial charge in [0.05, 0.1) is 19.8 Å². The lowest BCUT2D eigenvalue weighted by Gasteiger charge is -2.12. The van der Waals surface area contributed by atoms with Gasteiger partial charge in [0.15, 0.2) is 0 Å². The van der Waals surface area contributed by atoms with Crippen molar-refractivity contribution >= 4 is 11.8 Å². The third-order valence-electron chi connectivity index (χ3n) is 2.29. The van der Waals surface area contributed by atoms with Crippen molar-refractivity contribution in [3.8, 4) is 0 Å². The van der Waals surface area contributed by atoms with Gasteiger partial charge in [-0.2, -0.15) is 0 Å². The number of carbonyl (C=O) groups is 2. The molecule has 1 atom stereocenters. The third-order valence-corrected chi connectivity index (χ3v) is 2.29. The minimum atomic E-state index is -0.866. The summed E-state index contributed by atoms with van der Waals surface area (Å²) >= 11 is 0. The molecular weight excluding hydrogens is 250 g/mol. The van der Waals surface area contributed by atoms with E-state index < -0.39 is 17.9 Å². The fourth-order valence-electron chi connectivity index (χ4n) is 1.29. The standard InChI is InChI=1S/C12H17N3O4/c13-10(12(17)14-6-11(16)15-18)8-19-7-9-4-2-1-3-5-9/h1-5,10,18H,6-8,13H2,(H,14,17)(H,15,16)/t10-/m0/s1. The summed E-state index contributed by atoms with van der Waals surface area (Å²) in [6.45, 7) is 0.0716. The Hall–Kier alpha value is -1.96. The third kappa shape index (κ3) is 5.96. The second-order valence-electron chi connectivity index (χ2n) is 3.86. The van der Waals surface area contributed by atoms with E-state index >= 15 is 0 Å². The fourth-order valence-corrected chi connectivity index (χ4v) is 1.29. The zero-order valence-electron chi connectivity index (χ0n) is 10.3. The van der Waals surface area contributed by atoms with Gasteiger partial charge in [-0.25, -0.2) is 5.48 Å². The van der Waals surface area contributed by atoms with E-state index in [9.17, 15) is 9.59 Å². The number of carbonyl (C=O) groups excluding carboxylic acids is 2. The molecule has 0 aliphatic rings. The average Bonchev–Trinajstić information content (AvgIpc) is 2.45. The van der Waals surface area contributed by atoms with Crippen LogP contribution in [0.5, 0.6) is 0 Å². The number of hydrogen-bond donors (Lipinski definition) is 4. The maximum Gasteiger partial charge on any atom is 0.262 e. The van der Waals surface area contributed by atoms with Crippen molar-refractivity contribution < 1.29 is 19.5 Å². The SMILES string of the molecule is N[C@@H](COCc1ccccc1)C(=O)NCC(=O)NO. The van der Waals surface area contributed by atoms with Crippen LogP contribution in [0, 0.1) is 0 Å². The smallest absolute Gasteiger partial charge is 0.262 e. The average molecular weight is 267 g/mol. The number of rotatable bonds is 7. The number of benzene rings is 1. The molecule has 0 saturated carbocycles. The van der Waals surface area contributed by atoms with Gasteiger partial charge < -0.3 is 15.8 Å². The van der Waals surface area contributed by atoms with Gasteiger partial charge in [-0.1, -0.05) is 30.3 Å². The summed E-state index contributed by atoms with van der Waals surface area (Å²) in [5.41, 5.74) is 7.96. The molecule has 1 aromatic rings. The lowest BCUT2D eigenvalue weighted by molar-refractivity contribution is -0.132. The Morgan fingerprint density at radius 3 is 2.63 bits per heavy atom. The molecule has 0 aromatic heterocycles. The number of nitrogens with one attached hydrogen (secondary N) is 2. The van der Waals surface area contributed by atoms with Crippen molar-refractivity contribution in [1.29, 1.82) is 0 Å². The van der Waals surface area contributed by atoms with Gasteiger partial charge in [-0.05, 0) is 5.56 Å². The van der Waals surface area contributed by atoms with Gasteiger partial charge in [-0.3, -0.25) is 14.8 Å². The van der Waals surface area contributed by atoms with Gasteiger partial charge in [-0.15, -0.1) is 0 Å². The largest absolute Gasteiger partial charge is 0.375 e. The van der Waals surface area contributed by atoms with Gasteiger partial charge in [0, 0.05) is 0 Å². The summed E-state index contributed by atoms with van der Waals surface area (Å²) in [7, 11) is 0. The molecule has 0 bridgehead atoms. The Morgan fingerprint density at radius 2 is 2.00 bits per heavy atom. The molecule has 0 heterocycles. The molecular formula is C12H17N3O4. The van der Waals surface area contributed by atoms with Crippen LogP contribution in [0.15, 0.2) is 30.3 Å². The van der Waals surface area contributed by atoms with E-state index in [-0.39, 0.29) is 13.2 Å². The van der Waals surface area contributed by atoms with E-state index in [1.165, 1.54) is 5.48 Å². The summed E-state index contributed by atoms with van der Waals surface area (Å²) in [6.07, 6.45) is 0. The zero-order chi connectivity index (χ0) is 14.1. The molecule has 2 amide bonds. The molecule has 104 valence electrons. The number of hydroxylamine groups is 1. The van der Waals surface area contributed by atoms with Crippen molar-refractivity contribution in [2.45, 2.75) is 12.6 Å². The zero-order valence-corrected chi connectivity index (χ0v) is 10.3. The number of ether oxygens (including phenoxy) is 1. The molecule has 0 spiro atoms. The molecule has 0 unspecified atom stereocenters. The first-order valence-corrected chi connectivity index (χ1v) is 5.71. The number of nitrogens with two attached hydrogens (primary N) is 1. The molecule has 0 aliphatic heterocycles. The number of amides is 2. The maximum atomic E-state index is 11.4. The lowest BCUT2D eigenvalue weighted by atomic mass is 10.2. The van der Waals surface area contributed by atoms with Crippen molar-refractivity contribution in [1.82, 2.24) is 10.8 Å². The molecule has 19 heavy (non-hydrogen) atoms. The van der Waals surface area contributed by atoms with Crippen LogP contribution < -0.4 is 16.5 Å². The quantitative estimate of drug-likeness (QED) is 0.380. The van der Waals surface area contributed by atoms with Crippen molar-refractivity contribution in [2.75, 3.05) is 13.2 Å². The van der Waals surface area contributed by atoms with E-state index in [1.54, 1.807) is 0 Å². The van der Waals surface area contributed by atoms with E-state index in [4.69, 9.17) is 15.7 Å². The first-order chi connectivity index (χ1) is 9.13. The molecule has 7 nitrogen and oxygen atoms in total. The second-order valence-corrected chi connectivity index (χ2v) is 3.86. The molecule has 7 heteroatoms. The van der Waals surface area contributed by atoms with Crippen LogP contribution in [0.3, 0.4) is 0 Å². The van der Waals surface area contributed by atoms with E-state index in [2.05, 4.69) is 5.32 Å². The van der Waals surface area contributed by atoms with Crippen LogP contribution in [0.2, 0.25) is 0 Å².